The van der Waals surface area contributed by atoms with Gasteiger partial charge in [-0.1, -0.05) is 12.1 Å². The summed E-state index contributed by atoms with van der Waals surface area (Å²) < 4.78 is 30.6. The number of nitrogens with zero attached hydrogens (tertiary/aromatic N) is 2. The summed E-state index contributed by atoms with van der Waals surface area (Å²) in [5, 5.41) is 5.97. The average Bonchev–Trinajstić information content (AvgIpc) is 3.11. The molecule has 3 rings (SSSR count). The van der Waals surface area contributed by atoms with Crippen LogP contribution in [0.5, 0.6) is 0 Å². The standard InChI is InChI=1S/C16H16ClN3O4S/c1-10(21)20-14(15-6-7-16(17)24-15)9-13(18-20)11-4-3-5-12(8-11)19-25(2,22)23/h3-8,14,19H,9H2,1-2H3/t14-/m0/s1. The number of sulfonamides is 1. The highest BCUT2D eigenvalue weighted by molar-refractivity contribution is 7.92. The van der Waals surface area contributed by atoms with Crippen LogP contribution in [0.2, 0.25) is 5.22 Å². The van der Waals surface area contributed by atoms with Gasteiger partial charge in [0.05, 0.1) is 12.0 Å². The summed E-state index contributed by atoms with van der Waals surface area (Å²) in [7, 11) is -3.38. The fraction of sp³-hybridized carbons (Fsp3) is 0.250. The Morgan fingerprint density at radius 2 is 2.12 bits per heavy atom. The first-order chi connectivity index (χ1) is 11.7. The second-order valence-electron chi connectivity index (χ2n) is 5.73. The normalized spacial score (nSPS) is 17.5. The van der Waals surface area contributed by atoms with Gasteiger partial charge in [-0.15, -0.1) is 0 Å². The second-order valence-corrected chi connectivity index (χ2v) is 7.85. The van der Waals surface area contributed by atoms with Crippen LogP contribution in [-0.4, -0.2) is 31.3 Å². The number of hydrogen-bond acceptors (Lipinski definition) is 5. The van der Waals surface area contributed by atoms with E-state index < -0.39 is 10.0 Å². The molecule has 2 heterocycles. The summed E-state index contributed by atoms with van der Waals surface area (Å²) >= 11 is 5.83. The van der Waals surface area contributed by atoms with Crippen LogP contribution >= 0.6 is 11.6 Å². The summed E-state index contributed by atoms with van der Waals surface area (Å²) in [5.41, 5.74) is 1.81. The number of halogens is 1. The molecule has 1 amide bonds. The first kappa shape index (κ1) is 17.5. The molecule has 0 saturated carbocycles. The van der Waals surface area contributed by atoms with Gasteiger partial charge in [-0.25, -0.2) is 13.4 Å². The second kappa shape index (κ2) is 6.53. The van der Waals surface area contributed by atoms with Gasteiger partial charge in [-0.3, -0.25) is 9.52 Å². The van der Waals surface area contributed by atoms with Gasteiger partial charge in [0.1, 0.15) is 11.8 Å². The topological polar surface area (TPSA) is 92.0 Å². The molecular weight excluding hydrogens is 366 g/mol. The van der Waals surface area contributed by atoms with Crippen molar-refractivity contribution in [1.29, 1.82) is 0 Å². The van der Waals surface area contributed by atoms with Crippen LogP contribution in [0.15, 0.2) is 45.9 Å². The fourth-order valence-corrected chi connectivity index (χ4v) is 3.39. The molecule has 132 valence electrons. The third-order valence-corrected chi connectivity index (χ3v) is 4.46. The number of rotatable bonds is 4. The highest BCUT2D eigenvalue weighted by atomic mass is 35.5. The molecule has 0 bridgehead atoms. The van der Waals surface area contributed by atoms with E-state index in [9.17, 15) is 13.2 Å². The van der Waals surface area contributed by atoms with Crippen molar-refractivity contribution in [2.75, 3.05) is 11.0 Å². The summed E-state index contributed by atoms with van der Waals surface area (Å²) in [4.78, 5) is 11.9. The Kier molecular flexibility index (Phi) is 4.57. The zero-order valence-electron chi connectivity index (χ0n) is 13.6. The summed E-state index contributed by atoms with van der Waals surface area (Å²) in [6, 6.07) is 9.80. The molecule has 1 atom stereocenters. The Balaban J connectivity index is 1.91. The molecule has 1 aliphatic heterocycles. The van der Waals surface area contributed by atoms with Gasteiger partial charge < -0.3 is 4.42 Å². The highest BCUT2D eigenvalue weighted by Crippen LogP contribution is 2.34. The molecule has 9 heteroatoms. The molecule has 0 aliphatic carbocycles. The van der Waals surface area contributed by atoms with Gasteiger partial charge in [0.15, 0.2) is 5.22 Å². The molecule has 1 aromatic carbocycles. The summed E-state index contributed by atoms with van der Waals surface area (Å²) in [6.07, 6.45) is 1.52. The van der Waals surface area contributed by atoms with Crippen molar-refractivity contribution in [2.24, 2.45) is 5.10 Å². The summed E-state index contributed by atoms with van der Waals surface area (Å²) in [6.45, 7) is 1.42. The van der Waals surface area contributed by atoms with Crippen LogP contribution in [0.4, 0.5) is 5.69 Å². The van der Waals surface area contributed by atoms with Gasteiger partial charge in [0, 0.05) is 19.0 Å². The van der Waals surface area contributed by atoms with Crippen molar-refractivity contribution < 1.29 is 17.6 Å². The smallest absolute Gasteiger partial charge is 0.240 e. The van der Waals surface area contributed by atoms with Crippen molar-refractivity contribution in [3.8, 4) is 0 Å². The number of carbonyl (C=O) groups is 1. The molecule has 0 radical (unpaired) electrons. The number of carbonyl (C=O) groups excluding carboxylic acids is 1. The maximum Gasteiger partial charge on any atom is 0.240 e. The van der Waals surface area contributed by atoms with Crippen LogP contribution in [0.3, 0.4) is 0 Å². The third kappa shape index (κ3) is 4.02. The number of amides is 1. The Hall–Kier alpha value is -2.32. The van der Waals surface area contributed by atoms with E-state index in [-0.39, 0.29) is 17.2 Å². The van der Waals surface area contributed by atoms with Crippen molar-refractivity contribution in [2.45, 2.75) is 19.4 Å². The van der Waals surface area contributed by atoms with E-state index >= 15 is 0 Å². The lowest BCUT2D eigenvalue weighted by Gasteiger charge is -2.17. The monoisotopic (exact) mass is 381 g/mol. The van der Waals surface area contributed by atoms with Gasteiger partial charge in [-0.2, -0.15) is 5.10 Å². The van der Waals surface area contributed by atoms with E-state index in [1.807, 2.05) is 6.07 Å². The Bertz CT molecular complexity index is 952. The van der Waals surface area contributed by atoms with E-state index in [1.165, 1.54) is 11.9 Å². The number of hydrazone groups is 1. The molecule has 2 aromatic rings. The lowest BCUT2D eigenvalue weighted by Crippen LogP contribution is -2.23. The number of benzene rings is 1. The maximum atomic E-state index is 11.9. The highest BCUT2D eigenvalue weighted by Gasteiger charge is 2.33. The van der Waals surface area contributed by atoms with Crippen molar-refractivity contribution in [1.82, 2.24) is 5.01 Å². The van der Waals surface area contributed by atoms with Gasteiger partial charge in [-0.05, 0) is 41.4 Å². The van der Waals surface area contributed by atoms with E-state index in [0.29, 0.717) is 23.6 Å². The summed E-state index contributed by atoms with van der Waals surface area (Å²) in [5.74, 6) is 0.322. The molecular formula is C16H16ClN3O4S. The predicted octanol–water partition coefficient (Wildman–Crippen LogP) is 3.00. The molecule has 0 unspecified atom stereocenters. The lowest BCUT2D eigenvalue weighted by atomic mass is 10.0. The van der Waals surface area contributed by atoms with Crippen molar-refractivity contribution in [3.05, 3.63) is 52.9 Å². The minimum absolute atomic E-state index is 0.224. The molecule has 25 heavy (non-hydrogen) atoms. The minimum atomic E-state index is -3.38. The van der Waals surface area contributed by atoms with Crippen LogP contribution < -0.4 is 4.72 Å². The Morgan fingerprint density at radius 1 is 1.36 bits per heavy atom. The third-order valence-electron chi connectivity index (χ3n) is 3.65. The molecule has 1 aromatic heterocycles. The number of nitrogens with one attached hydrogen (secondary N) is 1. The minimum Gasteiger partial charge on any atom is -0.447 e. The zero-order valence-corrected chi connectivity index (χ0v) is 15.1. The van der Waals surface area contributed by atoms with Gasteiger partial charge in [0.25, 0.3) is 0 Å². The maximum absolute atomic E-state index is 11.9. The van der Waals surface area contributed by atoms with Crippen molar-refractivity contribution in [3.63, 3.8) is 0 Å². The first-order valence-corrected chi connectivity index (χ1v) is 9.70. The van der Waals surface area contributed by atoms with Crippen LogP contribution in [0.1, 0.15) is 30.7 Å². The molecule has 7 nitrogen and oxygen atoms in total. The van der Waals surface area contributed by atoms with Crippen molar-refractivity contribution >= 4 is 38.9 Å². The lowest BCUT2D eigenvalue weighted by molar-refractivity contribution is -0.130. The largest absolute Gasteiger partial charge is 0.447 e. The van der Waals surface area contributed by atoms with Crippen LogP contribution in [0, 0.1) is 0 Å². The molecule has 1 N–H and O–H groups in total. The van der Waals surface area contributed by atoms with Gasteiger partial charge >= 0.3 is 0 Å². The molecule has 0 saturated heterocycles. The number of furan rings is 1. The zero-order chi connectivity index (χ0) is 18.2. The average molecular weight is 382 g/mol. The predicted molar refractivity (Wildman–Crippen MR) is 95.0 cm³/mol. The van der Waals surface area contributed by atoms with E-state index in [0.717, 1.165) is 11.8 Å². The molecule has 1 aliphatic rings. The van der Waals surface area contributed by atoms with E-state index in [2.05, 4.69) is 9.82 Å². The first-order valence-electron chi connectivity index (χ1n) is 7.44. The Labute approximate surface area is 150 Å². The fourth-order valence-electron chi connectivity index (χ4n) is 2.68. The number of anilines is 1. The van der Waals surface area contributed by atoms with Gasteiger partial charge in [0.2, 0.25) is 15.9 Å². The van der Waals surface area contributed by atoms with E-state index in [1.54, 1.807) is 30.3 Å². The van der Waals surface area contributed by atoms with Crippen LogP contribution in [-0.2, 0) is 14.8 Å². The molecule has 0 spiro atoms. The Morgan fingerprint density at radius 3 is 2.72 bits per heavy atom. The number of hydrogen-bond donors (Lipinski definition) is 1. The van der Waals surface area contributed by atoms with E-state index in [4.69, 9.17) is 16.0 Å². The molecule has 0 fully saturated rings. The SMILES string of the molecule is CC(=O)N1N=C(c2cccc(NS(C)(=O)=O)c2)C[C@H]1c1ccc(Cl)o1. The quantitative estimate of drug-likeness (QED) is 0.881. The van der Waals surface area contributed by atoms with Crippen LogP contribution in [0.25, 0.3) is 0 Å².